The van der Waals surface area contributed by atoms with Crippen LogP contribution < -0.4 is 10.6 Å². The predicted molar refractivity (Wildman–Crippen MR) is 102 cm³/mol. The van der Waals surface area contributed by atoms with Crippen LogP contribution in [0.25, 0.3) is 11.3 Å². The van der Waals surface area contributed by atoms with Gasteiger partial charge in [-0.05, 0) is 38.1 Å². The van der Waals surface area contributed by atoms with Crippen molar-refractivity contribution in [3.05, 3.63) is 56.5 Å². The van der Waals surface area contributed by atoms with Crippen LogP contribution in [0.4, 0.5) is 5.69 Å². The van der Waals surface area contributed by atoms with E-state index in [1.54, 1.807) is 17.4 Å². The van der Waals surface area contributed by atoms with Gasteiger partial charge >= 0.3 is 0 Å². The number of amides is 2. The van der Waals surface area contributed by atoms with Gasteiger partial charge in [-0.1, -0.05) is 12.1 Å². The van der Waals surface area contributed by atoms with Crippen LogP contribution in [0.2, 0.25) is 0 Å². The van der Waals surface area contributed by atoms with Crippen LogP contribution in [-0.2, 0) is 4.79 Å². The van der Waals surface area contributed by atoms with E-state index < -0.39 is 0 Å². The first-order valence-electron chi connectivity index (χ1n) is 7.68. The van der Waals surface area contributed by atoms with Crippen molar-refractivity contribution in [2.24, 2.45) is 0 Å². The van der Waals surface area contributed by atoms with Gasteiger partial charge in [-0.3, -0.25) is 9.59 Å². The minimum absolute atomic E-state index is 0.0667. The minimum Gasteiger partial charge on any atom is -0.342 e. The topological polar surface area (TPSA) is 71.1 Å². The third-order valence-electron chi connectivity index (χ3n) is 3.46. The molecule has 0 bridgehead atoms. The zero-order chi connectivity index (χ0) is 17.8. The molecule has 128 valence electrons. The van der Waals surface area contributed by atoms with Crippen LogP contribution in [0, 0.1) is 13.8 Å². The highest BCUT2D eigenvalue weighted by Gasteiger charge is 2.10. The van der Waals surface area contributed by atoms with Gasteiger partial charge in [0.25, 0.3) is 5.91 Å². The number of nitrogens with one attached hydrogen (secondary N) is 2. The number of hydrogen-bond acceptors (Lipinski definition) is 5. The third kappa shape index (κ3) is 4.52. The molecule has 0 aliphatic rings. The molecule has 0 aliphatic heterocycles. The van der Waals surface area contributed by atoms with E-state index >= 15 is 0 Å². The van der Waals surface area contributed by atoms with E-state index in [9.17, 15) is 9.59 Å². The number of benzene rings is 1. The molecule has 0 radical (unpaired) electrons. The summed E-state index contributed by atoms with van der Waals surface area (Å²) in [5, 5.41) is 8.42. The Bertz CT molecular complexity index is 897. The highest BCUT2D eigenvalue weighted by molar-refractivity contribution is 7.13. The first-order valence-corrected chi connectivity index (χ1v) is 9.38. The van der Waals surface area contributed by atoms with E-state index in [0.717, 1.165) is 21.1 Å². The lowest BCUT2D eigenvalue weighted by Gasteiger charge is -2.07. The van der Waals surface area contributed by atoms with Crippen LogP contribution >= 0.6 is 22.7 Å². The van der Waals surface area contributed by atoms with Crippen LogP contribution in [0.1, 0.15) is 19.6 Å². The summed E-state index contributed by atoms with van der Waals surface area (Å²) >= 11 is 3.01. The molecule has 3 aromatic rings. The van der Waals surface area contributed by atoms with Gasteiger partial charge in [-0.15, -0.1) is 22.7 Å². The normalized spacial score (nSPS) is 10.5. The summed E-state index contributed by atoms with van der Waals surface area (Å²) in [4.78, 5) is 30.0. The van der Waals surface area contributed by atoms with Gasteiger partial charge in [-0.25, -0.2) is 4.98 Å². The van der Waals surface area contributed by atoms with Crippen molar-refractivity contribution in [2.45, 2.75) is 13.8 Å². The van der Waals surface area contributed by atoms with Crippen molar-refractivity contribution < 1.29 is 9.59 Å². The molecular weight excluding hydrogens is 354 g/mol. The fraction of sp³-hybridized carbons (Fsp3) is 0.167. The molecule has 2 aromatic heterocycles. The average Bonchev–Trinajstić information content (AvgIpc) is 3.22. The molecule has 2 amide bonds. The SMILES string of the molecule is Cc1ccc(C(=O)NCC(=O)Nc2ccc(-c3csc(C)n3)cc2)s1. The maximum absolute atomic E-state index is 12.0. The van der Waals surface area contributed by atoms with Crippen LogP contribution in [0.15, 0.2) is 41.8 Å². The Morgan fingerprint density at radius 2 is 1.84 bits per heavy atom. The van der Waals surface area contributed by atoms with Gasteiger partial charge in [0.15, 0.2) is 0 Å². The second-order valence-corrected chi connectivity index (χ2v) is 7.82. The molecule has 25 heavy (non-hydrogen) atoms. The summed E-state index contributed by atoms with van der Waals surface area (Å²) in [6.07, 6.45) is 0. The van der Waals surface area contributed by atoms with E-state index in [2.05, 4.69) is 15.6 Å². The molecular formula is C18H17N3O2S2. The molecule has 2 N–H and O–H groups in total. The zero-order valence-corrected chi connectivity index (χ0v) is 15.5. The number of carbonyl (C=O) groups is 2. The first kappa shape index (κ1) is 17.3. The van der Waals surface area contributed by atoms with Crippen molar-refractivity contribution >= 4 is 40.2 Å². The standard InChI is InChI=1S/C18H17N3O2S2/c1-11-3-8-16(25-11)18(23)19-9-17(22)21-14-6-4-13(5-7-14)15-10-24-12(2)20-15/h3-8,10H,9H2,1-2H3,(H,19,23)(H,21,22). The summed E-state index contributed by atoms with van der Waals surface area (Å²) in [7, 11) is 0. The van der Waals surface area contributed by atoms with Crippen molar-refractivity contribution in [1.82, 2.24) is 10.3 Å². The van der Waals surface area contributed by atoms with Crippen molar-refractivity contribution in [3.63, 3.8) is 0 Å². The number of carbonyl (C=O) groups excluding carboxylic acids is 2. The van der Waals surface area contributed by atoms with Crippen LogP contribution in [0.3, 0.4) is 0 Å². The van der Waals surface area contributed by atoms with Gasteiger partial charge in [-0.2, -0.15) is 0 Å². The number of hydrogen-bond donors (Lipinski definition) is 2. The molecule has 0 saturated heterocycles. The number of aryl methyl sites for hydroxylation is 2. The van der Waals surface area contributed by atoms with E-state index in [1.165, 1.54) is 11.3 Å². The Morgan fingerprint density at radius 1 is 1.08 bits per heavy atom. The smallest absolute Gasteiger partial charge is 0.261 e. The van der Waals surface area contributed by atoms with Gasteiger partial charge < -0.3 is 10.6 Å². The Kier molecular flexibility index (Phi) is 5.25. The third-order valence-corrected chi connectivity index (χ3v) is 5.23. The second kappa shape index (κ2) is 7.58. The van der Waals surface area contributed by atoms with Crippen LogP contribution in [0.5, 0.6) is 0 Å². The van der Waals surface area contributed by atoms with Gasteiger partial charge in [0.2, 0.25) is 5.91 Å². The number of aromatic nitrogens is 1. The Balaban J connectivity index is 1.53. The highest BCUT2D eigenvalue weighted by Crippen LogP contribution is 2.23. The summed E-state index contributed by atoms with van der Waals surface area (Å²) in [6, 6.07) is 11.1. The number of nitrogens with zero attached hydrogens (tertiary/aromatic N) is 1. The van der Waals surface area contributed by atoms with Crippen molar-refractivity contribution in [1.29, 1.82) is 0 Å². The number of thiophene rings is 1. The summed E-state index contributed by atoms with van der Waals surface area (Å²) in [5.74, 6) is -0.499. The lowest BCUT2D eigenvalue weighted by atomic mass is 10.1. The Hall–Kier alpha value is -2.51. The van der Waals surface area contributed by atoms with Crippen molar-refractivity contribution in [2.75, 3.05) is 11.9 Å². The fourth-order valence-electron chi connectivity index (χ4n) is 2.23. The molecule has 3 rings (SSSR count). The molecule has 0 spiro atoms. The summed E-state index contributed by atoms with van der Waals surface area (Å²) < 4.78 is 0. The molecule has 0 fully saturated rings. The van der Waals surface area contributed by atoms with Gasteiger partial charge in [0.1, 0.15) is 0 Å². The molecule has 2 heterocycles. The molecule has 0 aliphatic carbocycles. The number of rotatable bonds is 5. The van der Waals surface area contributed by atoms with Crippen molar-refractivity contribution in [3.8, 4) is 11.3 Å². The van der Waals surface area contributed by atoms with E-state index in [-0.39, 0.29) is 18.4 Å². The maximum Gasteiger partial charge on any atom is 0.261 e. The largest absolute Gasteiger partial charge is 0.342 e. The first-order chi connectivity index (χ1) is 12.0. The minimum atomic E-state index is -0.265. The molecule has 0 saturated carbocycles. The monoisotopic (exact) mass is 371 g/mol. The van der Waals surface area contributed by atoms with Gasteiger partial charge in [0.05, 0.1) is 22.1 Å². The molecule has 0 atom stereocenters. The highest BCUT2D eigenvalue weighted by atomic mass is 32.1. The molecule has 5 nitrogen and oxygen atoms in total. The van der Waals surface area contributed by atoms with E-state index in [1.807, 2.05) is 49.6 Å². The summed E-state index contributed by atoms with van der Waals surface area (Å²) in [5.41, 5.74) is 2.62. The molecule has 0 unspecified atom stereocenters. The number of thiazole rings is 1. The average molecular weight is 371 g/mol. The lowest BCUT2D eigenvalue weighted by Crippen LogP contribution is -2.32. The van der Waals surface area contributed by atoms with E-state index in [0.29, 0.717) is 10.6 Å². The van der Waals surface area contributed by atoms with Gasteiger partial charge in [0, 0.05) is 21.5 Å². The van der Waals surface area contributed by atoms with E-state index in [4.69, 9.17) is 0 Å². The van der Waals surface area contributed by atoms with Crippen LogP contribution in [-0.4, -0.2) is 23.3 Å². The molecule has 1 aromatic carbocycles. The number of anilines is 1. The zero-order valence-electron chi connectivity index (χ0n) is 13.8. The Labute approximate surface area is 153 Å². The second-order valence-electron chi connectivity index (χ2n) is 5.47. The quantitative estimate of drug-likeness (QED) is 0.715. The Morgan fingerprint density at radius 3 is 2.44 bits per heavy atom. The lowest BCUT2D eigenvalue weighted by molar-refractivity contribution is -0.115. The fourth-order valence-corrected chi connectivity index (χ4v) is 3.64. The maximum atomic E-state index is 12.0. The predicted octanol–water partition coefficient (Wildman–Crippen LogP) is 3.86. The molecule has 7 heteroatoms. The summed E-state index contributed by atoms with van der Waals surface area (Å²) in [6.45, 7) is 3.84.